The van der Waals surface area contributed by atoms with Gasteiger partial charge in [-0.2, -0.15) is 0 Å². The molecule has 0 atom stereocenters. The molecule has 3 heteroatoms. The summed E-state index contributed by atoms with van der Waals surface area (Å²) in [6.07, 6.45) is 1.47. The van der Waals surface area contributed by atoms with Gasteiger partial charge in [0.05, 0.1) is 4.48 Å². The quantitative estimate of drug-likeness (QED) is 0.595. The fourth-order valence-corrected chi connectivity index (χ4v) is 0.123. The molecule has 0 saturated carbocycles. The molecule has 0 unspecified atom stereocenters. The van der Waals surface area contributed by atoms with Gasteiger partial charge in [0.25, 0.3) is 0 Å². The number of carboxylic acid groups (broad SMARTS) is 1. The summed E-state index contributed by atoms with van der Waals surface area (Å²) in [4.78, 5) is 9.82. The van der Waals surface area contributed by atoms with Crippen LogP contribution in [0.2, 0.25) is 0 Å². The molecule has 0 saturated heterocycles. The maximum Gasteiger partial charge on any atom is 0.342 e. The lowest BCUT2D eigenvalue weighted by Crippen LogP contribution is -1.91. The Morgan fingerprint density at radius 1 is 1.86 bits per heavy atom. The van der Waals surface area contributed by atoms with Crippen LogP contribution in [-0.2, 0) is 4.79 Å². The van der Waals surface area contributed by atoms with E-state index < -0.39 is 5.97 Å². The van der Waals surface area contributed by atoms with Crippen molar-refractivity contribution in [2.24, 2.45) is 0 Å². The summed E-state index contributed by atoms with van der Waals surface area (Å²) in [6.45, 7) is 1.65. The van der Waals surface area contributed by atoms with Crippen molar-refractivity contribution in [3.05, 3.63) is 10.6 Å². The summed E-state index contributed by atoms with van der Waals surface area (Å²) in [5.41, 5.74) is 0. The summed E-state index contributed by atoms with van der Waals surface area (Å²) >= 11 is 2.80. The van der Waals surface area contributed by atoms with Crippen LogP contribution in [0.3, 0.4) is 0 Å². The molecule has 7 heavy (non-hydrogen) atoms. The highest BCUT2D eigenvalue weighted by Gasteiger charge is 1.96. The lowest BCUT2D eigenvalue weighted by atomic mass is 10.5. The third-order valence-corrected chi connectivity index (χ3v) is 1.25. The van der Waals surface area contributed by atoms with E-state index in [2.05, 4.69) is 15.9 Å². The van der Waals surface area contributed by atoms with Gasteiger partial charge in [0.2, 0.25) is 0 Å². The van der Waals surface area contributed by atoms with Gasteiger partial charge in [-0.3, -0.25) is 0 Å². The molecule has 0 rings (SSSR count). The van der Waals surface area contributed by atoms with Crippen LogP contribution in [0.15, 0.2) is 10.6 Å². The number of hydrogen-bond acceptors (Lipinski definition) is 1. The largest absolute Gasteiger partial charge is 0.477 e. The second-order valence-corrected chi connectivity index (χ2v) is 1.80. The third kappa shape index (κ3) is 2.39. The Labute approximate surface area is 50.0 Å². The topological polar surface area (TPSA) is 37.3 Å². The van der Waals surface area contributed by atoms with Gasteiger partial charge in [-0.25, -0.2) is 4.79 Å². The molecule has 0 aromatic rings. The predicted molar refractivity (Wildman–Crippen MR) is 30.3 cm³/mol. The molecule has 0 radical (unpaired) electrons. The van der Waals surface area contributed by atoms with E-state index in [0.717, 1.165) is 0 Å². The van der Waals surface area contributed by atoms with E-state index in [-0.39, 0.29) is 4.48 Å². The molecule has 40 valence electrons. The maximum atomic E-state index is 9.82. The molecule has 0 aromatic carbocycles. The lowest BCUT2D eigenvalue weighted by molar-refractivity contribution is -0.131. The van der Waals surface area contributed by atoms with Crippen LogP contribution in [0.4, 0.5) is 0 Å². The molecule has 1 N–H and O–H groups in total. The first-order valence-electron chi connectivity index (χ1n) is 1.73. The molecule has 0 spiro atoms. The molecule has 0 aliphatic rings. The van der Waals surface area contributed by atoms with Gasteiger partial charge in [0, 0.05) is 0 Å². The Kier molecular flexibility index (Phi) is 2.67. The first-order chi connectivity index (χ1) is 3.18. The van der Waals surface area contributed by atoms with Gasteiger partial charge in [-0.05, 0) is 22.9 Å². The van der Waals surface area contributed by atoms with E-state index in [4.69, 9.17) is 5.11 Å². The molecule has 2 nitrogen and oxygen atoms in total. The number of hydrogen-bond donors (Lipinski definition) is 1. The number of rotatable bonds is 1. The monoisotopic (exact) mass is 164 g/mol. The minimum atomic E-state index is -0.928. The minimum Gasteiger partial charge on any atom is -0.477 e. The van der Waals surface area contributed by atoms with Crippen LogP contribution < -0.4 is 0 Å². The highest BCUT2D eigenvalue weighted by atomic mass is 79.9. The number of halogens is 1. The Morgan fingerprint density at radius 2 is 2.29 bits per heavy atom. The van der Waals surface area contributed by atoms with Crippen molar-refractivity contribution in [3.8, 4) is 0 Å². The highest BCUT2D eigenvalue weighted by Crippen LogP contribution is 2.01. The van der Waals surface area contributed by atoms with Crippen molar-refractivity contribution >= 4 is 21.9 Å². The zero-order chi connectivity index (χ0) is 5.86. The second kappa shape index (κ2) is 2.80. The summed E-state index contributed by atoms with van der Waals surface area (Å²) in [5.74, 6) is -0.928. The molecule has 0 bridgehead atoms. The Balaban J connectivity index is 3.82. The molecule has 0 aliphatic heterocycles. The standard InChI is InChI=1S/C4H5BrO2/c1-2-3(5)4(6)7/h2H,1H3,(H,6,7)/b3-2+. The van der Waals surface area contributed by atoms with Gasteiger partial charge < -0.3 is 5.11 Å². The summed E-state index contributed by atoms with van der Waals surface area (Å²) in [6, 6.07) is 0. The van der Waals surface area contributed by atoms with Crippen molar-refractivity contribution in [2.75, 3.05) is 0 Å². The van der Waals surface area contributed by atoms with Crippen LogP contribution in [0.5, 0.6) is 0 Å². The van der Waals surface area contributed by atoms with E-state index >= 15 is 0 Å². The molecular formula is C4H5BrO2. The van der Waals surface area contributed by atoms with Gasteiger partial charge in [-0.1, -0.05) is 6.08 Å². The third-order valence-electron chi connectivity index (χ3n) is 0.458. The maximum absolute atomic E-state index is 9.82. The Bertz CT molecular complexity index is 106. The average molecular weight is 165 g/mol. The van der Waals surface area contributed by atoms with Crippen LogP contribution in [-0.4, -0.2) is 11.1 Å². The van der Waals surface area contributed by atoms with Crippen molar-refractivity contribution in [1.82, 2.24) is 0 Å². The average Bonchev–Trinajstić information content (AvgIpc) is 1.65. The van der Waals surface area contributed by atoms with Gasteiger partial charge in [0.15, 0.2) is 0 Å². The predicted octanol–water partition coefficient (Wildman–Crippen LogP) is 1.37. The van der Waals surface area contributed by atoms with E-state index in [9.17, 15) is 4.79 Å². The van der Waals surface area contributed by atoms with Gasteiger partial charge in [0.1, 0.15) is 0 Å². The molecule has 0 heterocycles. The summed E-state index contributed by atoms with van der Waals surface area (Å²) < 4.78 is 0.201. The van der Waals surface area contributed by atoms with Crippen LogP contribution >= 0.6 is 15.9 Å². The van der Waals surface area contributed by atoms with Crippen LogP contribution in [0.1, 0.15) is 6.92 Å². The minimum absolute atomic E-state index is 0.201. The second-order valence-electron chi connectivity index (χ2n) is 0.942. The highest BCUT2D eigenvalue weighted by molar-refractivity contribution is 9.12. The smallest absolute Gasteiger partial charge is 0.342 e. The van der Waals surface area contributed by atoms with E-state index in [1.165, 1.54) is 6.08 Å². The molecule has 0 amide bonds. The number of allylic oxidation sites excluding steroid dienone is 1. The van der Waals surface area contributed by atoms with Gasteiger partial charge in [-0.15, -0.1) is 0 Å². The van der Waals surface area contributed by atoms with Crippen molar-refractivity contribution in [3.63, 3.8) is 0 Å². The Hall–Kier alpha value is -0.310. The van der Waals surface area contributed by atoms with E-state index in [1.807, 2.05) is 0 Å². The van der Waals surface area contributed by atoms with Crippen LogP contribution in [0.25, 0.3) is 0 Å². The number of carbonyl (C=O) groups is 1. The van der Waals surface area contributed by atoms with Crippen molar-refractivity contribution in [1.29, 1.82) is 0 Å². The number of carboxylic acids is 1. The molecule has 0 aliphatic carbocycles. The molecule has 0 fully saturated rings. The van der Waals surface area contributed by atoms with Crippen molar-refractivity contribution in [2.45, 2.75) is 6.92 Å². The number of aliphatic carboxylic acids is 1. The molecular weight excluding hydrogens is 160 g/mol. The molecule has 0 aromatic heterocycles. The fraction of sp³-hybridized carbons (Fsp3) is 0.250. The normalized spacial score (nSPS) is 11.4. The van der Waals surface area contributed by atoms with E-state index in [0.29, 0.717) is 0 Å². The first kappa shape index (κ1) is 6.69. The van der Waals surface area contributed by atoms with Crippen LogP contribution in [0, 0.1) is 0 Å². The summed E-state index contributed by atoms with van der Waals surface area (Å²) in [5, 5.41) is 8.07. The van der Waals surface area contributed by atoms with Gasteiger partial charge >= 0.3 is 5.97 Å². The first-order valence-corrected chi connectivity index (χ1v) is 2.53. The lowest BCUT2D eigenvalue weighted by Gasteiger charge is -1.81. The SMILES string of the molecule is C/C=C(/Br)C(=O)O. The Morgan fingerprint density at radius 3 is 2.29 bits per heavy atom. The zero-order valence-electron chi connectivity index (χ0n) is 3.81. The van der Waals surface area contributed by atoms with E-state index in [1.54, 1.807) is 6.92 Å². The summed E-state index contributed by atoms with van der Waals surface area (Å²) in [7, 11) is 0. The fourth-order valence-electron chi connectivity index (χ4n) is 0.123. The van der Waals surface area contributed by atoms with Crippen molar-refractivity contribution < 1.29 is 9.90 Å². The zero-order valence-corrected chi connectivity index (χ0v) is 5.40.